The maximum absolute atomic E-state index is 13.8. The van der Waals surface area contributed by atoms with Gasteiger partial charge in [-0.3, -0.25) is 9.59 Å². The molecule has 4 nitrogen and oxygen atoms in total. The fourth-order valence-corrected chi connectivity index (χ4v) is 3.45. The third kappa shape index (κ3) is 2.81. The van der Waals surface area contributed by atoms with Crippen LogP contribution in [0, 0.1) is 23.6 Å². The number of carbonyl (C=O) groups excluding carboxylic acids is 1. The Morgan fingerprint density at radius 1 is 1.29 bits per heavy atom. The van der Waals surface area contributed by atoms with Gasteiger partial charge in [0.05, 0.1) is 11.5 Å². The van der Waals surface area contributed by atoms with Crippen molar-refractivity contribution in [3.63, 3.8) is 0 Å². The fraction of sp³-hybridized carbons (Fsp3) is 0.467. The van der Waals surface area contributed by atoms with E-state index in [1.165, 1.54) is 23.1 Å². The number of aliphatic carboxylic acids is 1. The third-order valence-electron chi connectivity index (χ3n) is 4.36. The second-order valence-electron chi connectivity index (χ2n) is 5.78. The molecule has 2 atom stereocenters. The maximum atomic E-state index is 13.8. The quantitative estimate of drug-likeness (QED) is 0.906. The molecule has 0 radical (unpaired) electrons. The largest absolute Gasteiger partial charge is 0.481 e. The van der Waals surface area contributed by atoms with E-state index in [-0.39, 0.29) is 18.0 Å². The molecule has 1 saturated carbocycles. The number of rotatable bonds is 3. The average molecular weight is 356 g/mol. The van der Waals surface area contributed by atoms with Gasteiger partial charge in [-0.05, 0) is 42.9 Å². The summed E-state index contributed by atoms with van der Waals surface area (Å²) in [6.45, 7) is 0.577. The van der Waals surface area contributed by atoms with E-state index in [2.05, 4.69) is 15.9 Å². The van der Waals surface area contributed by atoms with Crippen LogP contribution < -0.4 is 0 Å². The van der Waals surface area contributed by atoms with Gasteiger partial charge in [0.1, 0.15) is 5.82 Å². The van der Waals surface area contributed by atoms with Crippen LogP contribution in [-0.4, -0.2) is 35.0 Å². The minimum atomic E-state index is -0.864. The van der Waals surface area contributed by atoms with Crippen LogP contribution in [-0.2, 0) is 4.79 Å². The number of hydrogen-bond acceptors (Lipinski definition) is 2. The van der Waals surface area contributed by atoms with Crippen molar-refractivity contribution in [3.05, 3.63) is 34.1 Å². The molecule has 3 rings (SSSR count). The number of carboxylic acid groups (broad SMARTS) is 1. The highest BCUT2D eigenvalue weighted by Gasteiger charge is 2.47. The lowest BCUT2D eigenvalue weighted by Gasteiger charge is -2.17. The van der Waals surface area contributed by atoms with Crippen LogP contribution in [0.25, 0.3) is 0 Å². The van der Waals surface area contributed by atoms with E-state index in [9.17, 15) is 19.1 Å². The summed E-state index contributed by atoms with van der Waals surface area (Å²) in [5.74, 6) is -2.00. The van der Waals surface area contributed by atoms with Gasteiger partial charge in [-0.25, -0.2) is 4.39 Å². The van der Waals surface area contributed by atoms with Gasteiger partial charge >= 0.3 is 5.97 Å². The van der Waals surface area contributed by atoms with Crippen molar-refractivity contribution in [2.45, 2.75) is 12.8 Å². The Morgan fingerprint density at radius 3 is 2.62 bits per heavy atom. The number of halogens is 2. The van der Waals surface area contributed by atoms with E-state index in [4.69, 9.17) is 0 Å². The molecule has 1 aliphatic carbocycles. The molecule has 1 N–H and O–H groups in total. The van der Waals surface area contributed by atoms with Gasteiger partial charge in [-0.1, -0.05) is 15.9 Å². The van der Waals surface area contributed by atoms with Gasteiger partial charge in [0.15, 0.2) is 0 Å². The first kappa shape index (κ1) is 14.5. The Labute approximate surface area is 130 Å². The molecule has 2 aliphatic rings. The van der Waals surface area contributed by atoms with Gasteiger partial charge in [0.25, 0.3) is 5.91 Å². The summed E-state index contributed by atoms with van der Waals surface area (Å²) in [5, 5.41) is 9.31. The number of hydrogen-bond donors (Lipinski definition) is 1. The van der Waals surface area contributed by atoms with Crippen molar-refractivity contribution >= 4 is 27.8 Å². The first-order valence-electron chi connectivity index (χ1n) is 6.94. The van der Waals surface area contributed by atoms with Crippen LogP contribution in [0.2, 0.25) is 0 Å². The van der Waals surface area contributed by atoms with Crippen molar-refractivity contribution in [1.82, 2.24) is 4.90 Å². The molecule has 1 aromatic carbocycles. The number of likely N-dealkylation sites (tertiary alicyclic amines) is 1. The first-order valence-corrected chi connectivity index (χ1v) is 7.74. The summed E-state index contributed by atoms with van der Waals surface area (Å²) in [7, 11) is 0. The Bertz CT molecular complexity index is 603. The van der Waals surface area contributed by atoms with Crippen molar-refractivity contribution < 1.29 is 19.1 Å². The SMILES string of the molecule is O=C(O)[C@H]1CN(C(=O)c2cc(Br)ccc2F)C[C@@H]1C1CC1. The summed E-state index contributed by atoms with van der Waals surface area (Å²) in [6, 6.07) is 4.21. The van der Waals surface area contributed by atoms with E-state index >= 15 is 0 Å². The average Bonchev–Trinajstić information content (AvgIpc) is 3.19. The number of nitrogens with zero attached hydrogens (tertiary/aromatic N) is 1. The van der Waals surface area contributed by atoms with Gasteiger partial charge < -0.3 is 10.0 Å². The van der Waals surface area contributed by atoms with Gasteiger partial charge in [0.2, 0.25) is 0 Å². The molecular weight excluding hydrogens is 341 g/mol. The molecule has 0 spiro atoms. The summed E-state index contributed by atoms with van der Waals surface area (Å²) in [5.41, 5.74) is -0.00930. The normalized spacial score (nSPS) is 25.1. The van der Waals surface area contributed by atoms with Crippen molar-refractivity contribution in [2.24, 2.45) is 17.8 Å². The summed E-state index contributed by atoms with van der Waals surface area (Å²) < 4.78 is 14.4. The minimum Gasteiger partial charge on any atom is -0.481 e. The van der Waals surface area contributed by atoms with E-state index in [0.29, 0.717) is 16.9 Å². The standard InChI is InChI=1S/C15H15BrFNO3/c16-9-3-4-13(17)10(5-9)14(19)18-6-11(8-1-2-8)12(7-18)15(20)21/h3-5,8,11-12H,1-2,6-7H2,(H,20,21)/t11-,12+/m1/s1. The molecule has 112 valence electrons. The molecule has 0 bridgehead atoms. The monoisotopic (exact) mass is 355 g/mol. The number of carbonyl (C=O) groups is 2. The van der Waals surface area contributed by atoms with Crippen LogP contribution in [0.4, 0.5) is 4.39 Å². The Morgan fingerprint density at radius 2 is 2.00 bits per heavy atom. The molecule has 0 aromatic heterocycles. The summed E-state index contributed by atoms with van der Waals surface area (Å²) in [6.07, 6.45) is 2.06. The Hall–Kier alpha value is -1.43. The number of benzene rings is 1. The zero-order valence-electron chi connectivity index (χ0n) is 11.3. The predicted molar refractivity (Wildman–Crippen MR) is 77.3 cm³/mol. The van der Waals surface area contributed by atoms with E-state index < -0.39 is 23.6 Å². The lowest BCUT2D eigenvalue weighted by molar-refractivity contribution is -0.142. The zero-order chi connectivity index (χ0) is 15.1. The van der Waals surface area contributed by atoms with Crippen LogP contribution >= 0.6 is 15.9 Å². The van der Waals surface area contributed by atoms with Crippen molar-refractivity contribution in [3.8, 4) is 0 Å². The van der Waals surface area contributed by atoms with Gasteiger partial charge in [0, 0.05) is 17.6 Å². The van der Waals surface area contributed by atoms with Gasteiger partial charge in [-0.15, -0.1) is 0 Å². The van der Waals surface area contributed by atoms with Crippen LogP contribution in [0.3, 0.4) is 0 Å². The highest BCUT2D eigenvalue weighted by atomic mass is 79.9. The van der Waals surface area contributed by atoms with E-state index in [1.807, 2.05) is 0 Å². The Balaban J connectivity index is 1.82. The fourth-order valence-electron chi connectivity index (χ4n) is 3.09. The minimum absolute atomic E-state index is 0.00154. The highest BCUT2D eigenvalue weighted by molar-refractivity contribution is 9.10. The van der Waals surface area contributed by atoms with E-state index in [1.54, 1.807) is 0 Å². The highest BCUT2D eigenvalue weighted by Crippen LogP contribution is 2.44. The molecule has 0 unspecified atom stereocenters. The third-order valence-corrected chi connectivity index (χ3v) is 4.85. The molecule has 1 amide bonds. The van der Waals surface area contributed by atoms with Crippen LogP contribution in [0.5, 0.6) is 0 Å². The second kappa shape index (κ2) is 5.40. The summed E-state index contributed by atoms with van der Waals surface area (Å²) in [4.78, 5) is 25.3. The molecule has 2 fully saturated rings. The van der Waals surface area contributed by atoms with Crippen molar-refractivity contribution in [2.75, 3.05) is 13.1 Å². The van der Waals surface area contributed by atoms with Crippen molar-refractivity contribution in [1.29, 1.82) is 0 Å². The van der Waals surface area contributed by atoms with Crippen LogP contribution in [0.1, 0.15) is 23.2 Å². The van der Waals surface area contributed by atoms with E-state index in [0.717, 1.165) is 12.8 Å². The smallest absolute Gasteiger partial charge is 0.308 e. The molecule has 1 heterocycles. The van der Waals surface area contributed by atoms with Crippen LogP contribution in [0.15, 0.2) is 22.7 Å². The predicted octanol–water partition coefficient (Wildman–Crippen LogP) is 2.77. The number of amides is 1. The summed E-state index contributed by atoms with van der Waals surface area (Å²) >= 11 is 3.22. The molecular formula is C15H15BrFNO3. The zero-order valence-corrected chi connectivity index (χ0v) is 12.8. The number of carboxylic acids is 1. The van der Waals surface area contributed by atoms with Gasteiger partial charge in [-0.2, -0.15) is 0 Å². The molecule has 6 heteroatoms. The maximum Gasteiger partial charge on any atom is 0.308 e. The lowest BCUT2D eigenvalue weighted by atomic mass is 9.92. The topological polar surface area (TPSA) is 57.6 Å². The Kier molecular flexibility index (Phi) is 3.73. The molecule has 1 aliphatic heterocycles. The first-order chi connectivity index (χ1) is 9.97. The molecule has 1 aromatic rings. The lowest BCUT2D eigenvalue weighted by Crippen LogP contribution is -2.30. The molecule has 21 heavy (non-hydrogen) atoms. The second-order valence-corrected chi connectivity index (χ2v) is 6.70. The molecule has 1 saturated heterocycles.